The lowest BCUT2D eigenvalue weighted by atomic mass is 10.2. The van der Waals surface area contributed by atoms with Crippen LogP contribution in [0.5, 0.6) is 0 Å². The van der Waals surface area contributed by atoms with Crippen molar-refractivity contribution in [2.75, 3.05) is 0 Å². The number of hydrogen-bond acceptors (Lipinski definition) is 4. The molecule has 0 saturated carbocycles. The smallest absolute Gasteiger partial charge is 0.278 e. The molecular weight excluding hydrogens is 389 g/mol. The number of fused-ring (bicyclic) bond motifs is 1. The lowest BCUT2D eigenvalue weighted by Gasteiger charge is -2.10. The molecule has 4 rings (SSSR count). The van der Waals surface area contributed by atoms with Gasteiger partial charge in [0.15, 0.2) is 8.73 Å². The second-order valence-corrected chi connectivity index (χ2v) is 7.75. The number of nitrogens with one attached hydrogen (secondary N) is 1. The largest absolute Gasteiger partial charge is 0.316 e. The summed E-state index contributed by atoms with van der Waals surface area (Å²) in [5.74, 6) is -0.376. The Kier molecular flexibility index (Phi) is 4.18. The van der Waals surface area contributed by atoms with Crippen LogP contribution in [0.2, 0.25) is 0 Å². The van der Waals surface area contributed by atoms with E-state index in [-0.39, 0.29) is 16.1 Å². The Hall–Kier alpha value is -2.42. The summed E-state index contributed by atoms with van der Waals surface area (Å²) in [6.45, 7) is 1.98. The van der Waals surface area contributed by atoms with Crippen LogP contribution in [-0.2, 0) is 0 Å². The molecule has 26 heavy (non-hydrogen) atoms. The number of halogens is 1. The highest BCUT2D eigenvalue weighted by Gasteiger charge is 2.15. The van der Waals surface area contributed by atoms with Crippen LogP contribution in [0.3, 0.4) is 0 Å². The maximum Gasteiger partial charge on any atom is 0.278 e. The number of para-hydroxylation sites is 1. The van der Waals surface area contributed by atoms with E-state index in [1.54, 1.807) is 0 Å². The Labute approximate surface area is 161 Å². The molecule has 0 aliphatic rings. The van der Waals surface area contributed by atoms with E-state index in [1.165, 1.54) is 40.2 Å². The van der Waals surface area contributed by atoms with Gasteiger partial charge in [-0.3, -0.25) is 13.9 Å². The number of hydrogen-bond donors (Lipinski definition) is 1. The van der Waals surface area contributed by atoms with Gasteiger partial charge >= 0.3 is 0 Å². The van der Waals surface area contributed by atoms with Crippen LogP contribution in [0.15, 0.2) is 53.3 Å². The van der Waals surface area contributed by atoms with Gasteiger partial charge in [0.05, 0.1) is 11.4 Å². The molecule has 0 bridgehead atoms. The average molecular weight is 402 g/mol. The lowest BCUT2D eigenvalue weighted by molar-refractivity contribution is 0.627. The normalized spacial score (nSPS) is 11.2. The molecule has 0 radical (unpaired) electrons. The van der Waals surface area contributed by atoms with E-state index in [4.69, 9.17) is 24.4 Å². The minimum atomic E-state index is -0.376. The molecule has 0 aliphatic carbocycles. The first-order valence-corrected chi connectivity index (χ1v) is 9.33. The molecule has 0 saturated heterocycles. The van der Waals surface area contributed by atoms with Gasteiger partial charge in [-0.25, -0.2) is 4.39 Å². The number of aromatic amines is 1. The number of thiazole rings is 1. The van der Waals surface area contributed by atoms with Crippen LogP contribution in [-0.4, -0.2) is 14.1 Å². The molecule has 4 nitrogen and oxygen atoms in total. The lowest BCUT2D eigenvalue weighted by Crippen LogP contribution is -2.20. The fraction of sp³-hybridized carbons (Fsp3) is 0.0556. The summed E-state index contributed by atoms with van der Waals surface area (Å²) in [4.78, 5) is 16.2. The van der Waals surface area contributed by atoms with Crippen molar-refractivity contribution in [3.63, 3.8) is 0 Å². The first-order chi connectivity index (χ1) is 12.5. The standard InChI is InChI=1S/C18H12FN3OS3/c1-10-4-2-3-5-13(10)22-15-14(26-18(22)25)16(23)21(17(24)20-15)12-8-6-11(19)7-9-12/h2-9H,1H3,(H,20,24). The Bertz CT molecular complexity index is 1310. The van der Waals surface area contributed by atoms with Crippen LogP contribution >= 0.6 is 35.8 Å². The SMILES string of the molecule is Cc1ccccc1-n1c(=S)sc2c(=O)n(-c3ccc(F)cc3)c(=S)[nH]c21. The van der Waals surface area contributed by atoms with Crippen molar-refractivity contribution in [1.82, 2.24) is 14.1 Å². The minimum Gasteiger partial charge on any atom is -0.316 e. The summed E-state index contributed by atoms with van der Waals surface area (Å²) in [7, 11) is 0. The fourth-order valence-corrected chi connectivity index (χ4v) is 4.44. The number of H-pyrrole nitrogens is 1. The van der Waals surface area contributed by atoms with Gasteiger partial charge < -0.3 is 4.98 Å². The third-order valence-corrected chi connectivity index (χ3v) is 5.72. The Morgan fingerprint density at radius 1 is 1.04 bits per heavy atom. The molecule has 0 aliphatic heterocycles. The predicted molar refractivity (Wildman–Crippen MR) is 107 cm³/mol. The number of rotatable bonds is 2. The summed E-state index contributed by atoms with van der Waals surface area (Å²) < 4.78 is 17.6. The van der Waals surface area contributed by atoms with Crippen molar-refractivity contribution in [1.29, 1.82) is 0 Å². The van der Waals surface area contributed by atoms with Gasteiger partial charge in [-0.1, -0.05) is 29.5 Å². The number of benzene rings is 2. The average Bonchev–Trinajstić information content (AvgIpc) is 2.93. The van der Waals surface area contributed by atoms with E-state index >= 15 is 0 Å². The molecule has 1 N–H and O–H groups in total. The zero-order valence-corrected chi connectivity index (χ0v) is 16.0. The molecular formula is C18H12FN3OS3. The van der Waals surface area contributed by atoms with Gasteiger partial charge in [0, 0.05) is 0 Å². The first-order valence-electron chi connectivity index (χ1n) is 7.70. The second kappa shape index (κ2) is 6.39. The zero-order chi connectivity index (χ0) is 18.4. The van der Waals surface area contributed by atoms with Crippen LogP contribution in [0.4, 0.5) is 4.39 Å². The van der Waals surface area contributed by atoms with Crippen LogP contribution in [0.1, 0.15) is 5.56 Å². The van der Waals surface area contributed by atoms with Crippen molar-refractivity contribution in [2.45, 2.75) is 6.92 Å². The third kappa shape index (κ3) is 2.66. The molecule has 130 valence electrons. The van der Waals surface area contributed by atoms with Gasteiger partial charge in [0.1, 0.15) is 16.2 Å². The predicted octanol–water partition coefficient (Wildman–Crippen LogP) is 5.08. The first kappa shape index (κ1) is 17.0. The highest BCUT2D eigenvalue weighted by Crippen LogP contribution is 2.25. The van der Waals surface area contributed by atoms with Crippen molar-refractivity contribution in [3.05, 3.63) is 79.0 Å². The number of aryl methyl sites for hydroxylation is 1. The summed E-state index contributed by atoms with van der Waals surface area (Å²) >= 11 is 12.1. The molecule has 0 amide bonds. The van der Waals surface area contributed by atoms with Crippen molar-refractivity contribution >= 4 is 46.1 Å². The van der Waals surface area contributed by atoms with Gasteiger partial charge in [-0.2, -0.15) is 0 Å². The van der Waals surface area contributed by atoms with Gasteiger partial charge in [-0.05, 0) is 67.3 Å². The van der Waals surface area contributed by atoms with E-state index in [1.807, 2.05) is 35.8 Å². The number of aromatic nitrogens is 3. The summed E-state index contributed by atoms with van der Waals surface area (Å²) in [6, 6.07) is 13.4. The van der Waals surface area contributed by atoms with Crippen molar-refractivity contribution in [2.24, 2.45) is 0 Å². The van der Waals surface area contributed by atoms with Crippen molar-refractivity contribution < 1.29 is 4.39 Å². The van der Waals surface area contributed by atoms with E-state index in [2.05, 4.69) is 4.98 Å². The molecule has 2 heterocycles. The quantitative estimate of drug-likeness (QED) is 0.477. The second-order valence-electron chi connectivity index (χ2n) is 5.71. The Balaban J connectivity index is 2.07. The van der Waals surface area contributed by atoms with Crippen LogP contribution < -0.4 is 5.56 Å². The van der Waals surface area contributed by atoms with Gasteiger partial charge in [0.25, 0.3) is 5.56 Å². The molecule has 0 spiro atoms. The molecule has 8 heteroatoms. The van der Waals surface area contributed by atoms with Crippen LogP contribution in [0.25, 0.3) is 21.7 Å². The molecule has 0 fully saturated rings. The molecule has 0 atom stereocenters. The van der Waals surface area contributed by atoms with E-state index < -0.39 is 0 Å². The van der Waals surface area contributed by atoms with E-state index in [0.29, 0.717) is 20.0 Å². The van der Waals surface area contributed by atoms with Crippen LogP contribution in [0, 0.1) is 21.5 Å². The van der Waals surface area contributed by atoms with Gasteiger partial charge in [0.2, 0.25) is 0 Å². The highest BCUT2D eigenvalue weighted by molar-refractivity contribution is 7.73. The third-order valence-electron chi connectivity index (χ3n) is 4.08. The fourth-order valence-electron chi connectivity index (χ4n) is 2.84. The summed E-state index contributed by atoms with van der Waals surface area (Å²) in [6.07, 6.45) is 0. The maximum atomic E-state index is 13.2. The Morgan fingerprint density at radius 2 is 1.73 bits per heavy atom. The molecule has 0 unspecified atom stereocenters. The summed E-state index contributed by atoms with van der Waals surface area (Å²) in [5.41, 5.74) is 2.72. The molecule has 2 aromatic carbocycles. The summed E-state index contributed by atoms with van der Waals surface area (Å²) in [5, 5.41) is 0. The minimum absolute atomic E-state index is 0.226. The highest BCUT2D eigenvalue weighted by atomic mass is 32.1. The topological polar surface area (TPSA) is 42.7 Å². The van der Waals surface area contributed by atoms with E-state index in [9.17, 15) is 9.18 Å². The maximum absolute atomic E-state index is 13.2. The van der Waals surface area contributed by atoms with Crippen molar-refractivity contribution in [3.8, 4) is 11.4 Å². The Morgan fingerprint density at radius 3 is 2.42 bits per heavy atom. The zero-order valence-electron chi connectivity index (χ0n) is 13.5. The van der Waals surface area contributed by atoms with Gasteiger partial charge in [-0.15, -0.1) is 0 Å². The monoisotopic (exact) mass is 401 g/mol. The van der Waals surface area contributed by atoms with E-state index in [0.717, 1.165) is 11.3 Å². The molecule has 4 aromatic rings. The molecule has 2 aromatic heterocycles. The number of nitrogens with zero attached hydrogens (tertiary/aromatic N) is 2.